The maximum absolute atomic E-state index is 13.1. The Balaban J connectivity index is 2.00. The molecule has 0 radical (unpaired) electrons. The number of benzene rings is 1. The Morgan fingerprint density at radius 1 is 1.41 bits per heavy atom. The summed E-state index contributed by atoms with van der Waals surface area (Å²) < 4.78 is 13.1. The second-order valence-electron chi connectivity index (χ2n) is 4.15. The minimum Gasteiger partial charge on any atom is -0.399 e. The van der Waals surface area contributed by atoms with Crippen molar-refractivity contribution in [1.29, 1.82) is 0 Å². The number of hydrogen-bond acceptors (Lipinski definition) is 3. The van der Waals surface area contributed by atoms with Crippen LogP contribution in [0.5, 0.6) is 0 Å². The third kappa shape index (κ3) is 3.46. The van der Waals surface area contributed by atoms with E-state index in [0.717, 1.165) is 12.1 Å². The van der Waals surface area contributed by atoms with Gasteiger partial charge in [0.05, 0.1) is 0 Å². The van der Waals surface area contributed by atoms with Crippen molar-refractivity contribution in [3.05, 3.63) is 46.4 Å². The smallest absolute Gasteiger partial charge is 0.127 e. The lowest BCUT2D eigenvalue weighted by Crippen LogP contribution is -2.17. The molecule has 1 atom stereocenters. The van der Waals surface area contributed by atoms with Crippen LogP contribution in [-0.2, 0) is 6.42 Å². The Morgan fingerprint density at radius 2 is 2.24 bits per heavy atom. The maximum Gasteiger partial charge on any atom is 0.127 e. The Kier molecular flexibility index (Phi) is 3.64. The van der Waals surface area contributed by atoms with E-state index in [-0.39, 0.29) is 11.9 Å². The van der Waals surface area contributed by atoms with Gasteiger partial charge in [0.25, 0.3) is 0 Å². The number of hydrogen-bond donors (Lipinski definition) is 2. The molecule has 1 aromatic carbocycles. The van der Waals surface area contributed by atoms with E-state index in [9.17, 15) is 4.39 Å². The van der Waals surface area contributed by atoms with Crippen LogP contribution in [-0.4, -0.2) is 6.04 Å². The minimum absolute atomic E-state index is 0.241. The van der Waals surface area contributed by atoms with E-state index < -0.39 is 0 Å². The van der Waals surface area contributed by atoms with Gasteiger partial charge in [-0.15, -0.1) is 0 Å². The molecule has 0 bridgehead atoms. The van der Waals surface area contributed by atoms with Crippen molar-refractivity contribution in [3.63, 3.8) is 0 Å². The summed E-state index contributed by atoms with van der Waals surface area (Å²) in [7, 11) is 0. The zero-order valence-corrected chi connectivity index (χ0v) is 10.4. The third-order valence-electron chi connectivity index (χ3n) is 2.46. The molecule has 0 aliphatic rings. The summed E-state index contributed by atoms with van der Waals surface area (Å²) in [5.74, 6) is -0.310. The quantitative estimate of drug-likeness (QED) is 0.815. The fourth-order valence-corrected chi connectivity index (χ4v) is 2.48. The van der Waals surface area contributed by atoms with Crippen LogP contribution in [0, 0.1) is 5.82 Å². The first kappa shape index (κ1) is 11.9. The molecule has 3 N–H and O–H groups in total. The van der Waals surface area contributed by atoms with E-state index >= 15 is 0 Å². The highest BCUT2D eigenvalue weighted by Gasteiger charge is 2.05. The maximum atomic E-state index is 13.1. The van der Waals surface area contributed by atoms with Crippen molar-refractivity contribution in [2.24, 2.45) is 0 Å². The fourth-order valence-electron chi connectivity index (χ4n) is 1.79. The Bertz CT molecular complexity index is 462. The van der Waals surface area contributed by atoms with Crippen molar-refractivity contribution < 1.29 is 4.39 Å². The summed E-state index contributed by atoms with van der Waals surface area (Å²) in [5.41, 5.74) is 8.05. The monoisotopic (exact) mass is 250 g/mol. The van der Waals surface area contributed by atoms with Gasteiger partial charge in [-0.1, -0.05) is 0 Å². The van der Waals surface area contributed by atoms with Gasteiger partial charge in [0.1, 0.15) is 5.82 Å². The van der Waals surface area contributed by atoms with Crippen LogP contribution in [0.15, 0.2) is 35.0 Å². The van der Waals surface area contributed by atoms with Crippen molar-refractivity contribution in [1.82, 2.24) is 0 Å². The van der Waals surface area contributed by atoms with Crippen molar-refractivity contribution in [2.75, 3.05) is 11.1 Å². The second-order valence-corrected chi connectivity index (χ2v) is 4.93. The number of halogens is 1. The molecule has 0 aliphatic carbocycles. The third-order valence-corrected chi connectivity index (χ3v) is 3.19. The number of nitrogens with one attached hydrogen (secondary N) is 1. The van der Waals surface area contributed by atoms with Gasteiger partial charge in [-0.25, -0.2) is 4.39 Å². The molecule has 2 nitrogen and oxygen atoms in total. The van der Waals surface area contributed by atoms with E-state index in [2.05, 4.69) is 29.1 Å². The molecule has 0 saturated carbocycles. The predicted molar refractivity (Wildman–Crippen MR) is 71.9 cm³/mol. The van der Waals surface area contributed by atoms with Crippen LogP contribution < -0.4 is 11.1 Å². The molecule has 0 amide bonds. The number of thiophene rings is 1. The molecule has 2 rings (SSSR count). The Morgan fingerprint density at radius 3 is 2.88 bits per heavy atom. The first-order chi connectivity index (χ1) is 8.13. The largest absolute Gasteiger partial charge is 0.399 e. The van der Waals surface area contributed by atoms with E-state index in [1.165, 1.54) is 17.7 Å². The Hall–Kier alpha value is -1.55. The number of anilines is 2. The fraction of sp³-hybridized carbons (Fsp3) is 0.231. The van der Waals surface area contributed by atoms with Gasteiger partial charge in [-0.2, -0.15) is 11.3 Å². The van der Waals surface area contributed by atoms with Crippen LogP contribution in [0.4, 0.5) is 15.8 Å². The Labute approximate surface area is 104 Å². The van der Waals surface area contributed by atoms with E-state index in [1.807, 2.05) is 0 Å². The molecule has 0 saturated heterocycles. The highest BCUT2D eigenvalue weighted by molar-refractivity contribution is 7.07. The molecule has 0 spiro atoms. The normalized spacial score (nSPS) is 12.4. The first-order valence-electron chi connectivity index (χ1n) is 5.47. The molecule has 1 aromatic heterocycles. The molecule has 1 heterocycles. The number of nitrogen functional groups attached to an aromatic ring is 1. The topological polar surface area (TPSA) is 38.0 Å². The van der Waals surface area contributed by atoms with Gasteiger partial charge >= 0.3 is 0 Å². The van der Waals surface area contributed by atoms with E-state index in [4.69, 9.17) is 5.73 Å². The average molecular weight is 250 g/mol. The lowest BCUT2D eigenvalue weighted by atomic mass is 10.1. The zero-order chi connectivity index (χ0) is 12.3. The SMILES string of the molecule is CC(Cc1ccsc1)Nc1cc(N)cc(F)c1. The molecular weight excluding hydrogens is 235 g/mol. The molecule has 1 unspecified atom stereocenters. The summed E-state index contributed by atoms with van der Waals surface area (Å²) >= 11 is 1.68. The van der Waals surface area contributed by atoms with Gasteiger partial charge in [0.2, 0.25) is 0 Å². The van der Waals surface area contributed by atoms with E-state index in [0.29, 0.717) is 5.69 Å². The summed E-state index contributed by atoms with van der Waals surface area (Å²) in [6, 6.07) is 6.86. The molecule has 0 aliphatic heterocycles. The summed E-state index contributed by atoms with van der Waals surface area (Å²) in [4.78, 5) is 0. The first-order valence-corrected chi connectivity index (χ1v) is 6.41. The molecule has 0 fully saturated rings. The van der Waals surface area contributed by atoms with Crippen LogP contribution in [0.1, 0.15) is 12.5 Å². The summed E-state index contributed by atoms with van der Waals surface area (Å²) in [5, 5.41) is 7.43. The average Bonchev–Trinajstić information content (AvgIpc) is 2.67. The lowest BCUT2D eigenvalue weighted by Gasteiger charge is -2.15. The van der Waals surface area contributed by atoms with Gasteiger partial charge in [0.15, 0.2) is 0 Å². The number of nitrogens with two attached hydrogens (primary N) is 1. The van der Waals surface area contributed by atoms with E-state index in [1.54, 1.807) is 17.4 Å². The van der Waals surface area contributed by atoms with Crippen molar-refractivity contribution in [2.45, 2.75) is 19.4 Å². The summed E-state index contributed by atoms with van der Waals surface area (Å²) in [6.45, 7) is 2.07. The van der Waals surface area contributed by atoms with Crippen molar-refractivity contribution in [3.8, 4) is 0 Å². The standard InChI is InChI=1S/C13H15FN2S/c1-9(4-10-2-3-17-8-10)16-13-6-11(14)5-12(15)7-13/h2-3,5-9,16H,4,15H2,1H3. The predicted octanol–water partition coefficient (Wildman–Crippen LogP) is 3.51. The van der Waals surface area contributed by atoms with Gasteiger partial charge in [0, 0.05) is 17.4 Å². The van der Waals surface area contributed by atoms with Gasteiger partial charge in [-0.05, 0) is 53.9 Å². The lowest BCUT2D eigenvalue weighted by molar-refractivity contribution is 0.628. The molecular formula is C13H15FN2S. The molecule has 90 valence electrons. The van der Waals surface area contributed by atoms with Crippen LogP contribution >= 0.6 is 11.3 Å². The molecule has 4 heteroatoms. The van der Waals surface area contributed by atoms with Gasteiger partial charge in [-0.3, -0.25) is 0 Å². The second kappa shape index (κ2) is 5.19. The molecule has 17 heavy (non-hydrogen) atoms. The zero-order valence-electron chi connectivity index (χ0n) is 9.61. The minimum atomic E-state index is -0.310. The van der Waals surface area contributed by atoms with Crippen molar-refractivity contribution >= 4 is 22.7 Å². The highest BCUT2D eigenvalue weighted by atomic mass is 32.1. The molecule has 2 aromatic rings. The number of rotatable bonds is 4. The summed E-state index contributed by atoms with van der Waals surface area (Å²) in [6.07, 6.45) is 0.917. The van der Waals surface area contributed by atoms with Crippen LogP contribution in [0.25, 0.3) is 0 Å². The van der Waals surface area contributed by atoms with Crippen LogP contribution in [0.2, 0.25) is 0 Å². The van der Waals surface area contributed by atoms with Gasteiger partial charge < -0.3 is 11.1 Å². The van der Waals surface area contributed by atoms with Crippen LogP contribution in [0.3, 0.4) is 0 Å². The highest BCUT2D eigenvalue weighted by Crippen LogP contribution is 2.17.